The average Bonchev–Trinajstić information content (AvgIpc) is 2.62. The zero-order valence-electron chi connectivity index (χ0n) is 7.70. The van der Waals surface area contributed by atoms with Crippen molar-refractivity contribution in [2.24, 2.45) is 0 Å². The summed E-state index contributed by atoms with van der Waals surface area (Å²) < 4.78 is 18.6. The highest BCUT2D eigenvalue weighted by Crippen LogP contribution is 2.31. The number of anilines is 1. The van der Waals surface area contributed by atoms with Gasteiger partial charge in [0.2, 0.25) is 0 Å². The fourth-order valence-corrected chi connectivity index (χ4v) is 2.45. The van der Waals surface area contributed by atoms with Gasteiger partial charge in [-0.3, -0.25) is 0 Å². The molecule has 1 aliphatic heterocycles. The van der Waals surface area contributed by atoms with E-state index in [-0.39, 0.29) is 5.82 Å². The highest BCUT2D eigenvalue weighted by molar-refractivity contribution is 8.00. The minimum atomic E-state index is -0.234. The van der Waals surface area contributed by atoms with Gasteiger partial charge in [-0.25, -0.2) is 4.39 Å². The topological polar surface area (TPSA) is 35.2 Å². The van der Waals surface area contributed by atoms with Crippen LogP contribution in [0, 0.1) is 5.82 Å². The maximum absolute atomic E-state index is 13.4. The molecule has 2 rings (SSSR count). The normalized spacial score (nSPS) is 21.4. The zero-order valence-corrected chi connectivity index (χ0v) is 8.52. The van der Waals surface area contributed by atoms with Crippen LogP contribution in [0.3, 0.4) is 0 Å². The van der Waals surface area contributed by atoms with Crippen molar-refractivity contribution in [1.82, 2.24) is 0 Å². The lowest BCUT2D eigenvalue weighted by Gasteiger charge is -2.08. The van der Waals surface area contributed by atoms with E-state index in [4.69, 9.17) is 10.5 Å². The fraction of sp³-hybridized carbons (Fsp3) is 0.400. The van der Waals surface area contributed by atoms with E-state index < -0.39 is 0 Å². The third-order valence-electron chi connectivity index (χ3n) is 2.14. The number of ether oxygens (including phenoxy) is 1. The average molecular weight is 213 g/mol. The quantitative estimate of drug-likeness (QED) is 0.765. The third-order valence-corrected chi connectivity index (χ3v) is 3.43. The van der Waals surface area contributed by atoms with Crippen molar-refractivity contribution in [3.8, 4) is 0 Å². The summed E-state index contributed by atoms with van der Waals surface area (Å²) in [6.07, 6.45) is 0.995. The van der Waals surface area contributed by atoms with E-state index in [9.17, 15) is 4.39 Å². The fourth-order valence-electron chi connectivity index (χ4n) is 1.40. The molecular formula is C10H12FNOS. The number of nitrogen functional groups attached to an aromatic ring is 1. The van der Waals surface area contributed by atoms with Crippen LogP contribution in [0.2, 0.25) is 0 Å². The molecule has 2 nitrogen and oxygen atoms in total. The predicted molar refractivity (Wildman–Crippen MR) is 55.9 cm³/mol. The summed E-state index contributed by atoms with van der Waals surface area (Å²) in [5, 5.41) is 0.383. The molecule has 76 valence electrons. The minimum Gasteiger partial charge on any atom is -0.399 e. The first-order valence-electron chi connectivity index (χ1n) is 4.55. The monoisotopic (exact) mass is 213 g/mol. The van der Waals surface area contributed by atoms with Gasteiger partial charge in [-0.15, -0.1) is 11.8 Å². The molecular weight excluding hydrogens is 201 g/mol. The highest BCUT2D eigenvalue weighted by atomic mass is 32.2. The molecule has 1 unspecified atom stereocenters. The summed E-state index contributed by atoms with van der Waals surface area (Å²) >= 11 is 1.53. The largest absolute Gasteiger partial charge is 0.399 e. The van der Waals surface area contributed by atoms with Crippen LogP contribution in [-0.2, 0) is 4.74 Å². The lowest BCUT2D eigenvalue weighted by atomic mass is 10.3. The molecule has 2 N–H and O–H groups in total. The first kappa shape index (κ1) is 9.80. The van der Waals surface area contributed by atoms with E-state index in [1.165, 1.54) is 17.8 Å². The molecule has 1 saturated heterocycles. The van der Waals surface area contributed by atoms with Gasteiger partial charge in [0.05, 0.1) is 6.61 Å². The van der Waals surface area contributed by atoms with Gasteiger partial charge >= 0.3 is 0 Å². The molecule has 1 heterocycles. The Morgan fingerprint density at radius 1 is 1.50 bits per heavy atom. The molecule has 0 bridgehead atoms. The number of rotatable bonds is 2. The lowest BCUT2D eigenvalue weighted by Crippen LogP contribution is -2.01. The highest BCUT2D eigenvalue weighted by Gasteiger charge is 2.18. The van der Waals surface area contributed by atoms with E-state index in [2.05, 4.69) is 0 Å². The summed E-state index contributed by atoms with van der Waals surface area (Å²) in [7, 11) is 0. The molecule has 0 saturated carbocycles. The molecule has 1 fully saturated rings. The zero-order chi connectivity index (χ0) is 9.97. The van der Waals surface area contributed by atoms with Crippen LogP contribution < -0.4 is 5.73 Å². The number of halogens is 1. The summed E-state index contributed by atoms with van der Waals surface area (Å²) in [6.45, 7) is 1.50. The second kappa shape index (κ2) is 4.19. The first-order chi connectivity index (χ1) is 6.75. The second-order valence-electron chi connectivity index (χ2n) is 3.29. The summed E-state index contributed by atoms with van der Waals surface area (Å²) in [6, 6.07) is 4.81. The van der Waals surface area contributed by atoms with Crippen molar-refractivity contribution >= 4 is 17.4 Å². The first-order valence-corrected chi connectivity index (χ1v) is 5.43. The summed E-state index contributed by atoms with van der Waals surface area (Å²) in [5.74, 6) is -0.234. The molecule has 1 aromatic rings. The molecule has 1 aliphatic rings. The molecule has 0 amide bonds. The van der Waals surface area contributed by atoms with E-state index in [1.807, 2.05) is 0 Å². The van der Waals surface area contributed by atoms with Crippen LogP contribution in [0.1, 0.15) is 6.42 Å². The Balaban J connectivity index is 2.08. The van der Waals surface area contributed by atoms with Crippen LogP contribution in [0.15, 0.2) is 23.1 Å². The van der Waals surface area contributed by atoms with Gasteiger partial charge in [0, 0.05) is 22.4 Å². The smallest absolute Gasteiger partial charge is 0.138 e. The lowest BCUT2D eigenvalue weighted by molar-refractivity contribution is 0.199. The summed E-state index contributed by atoms with van der Waals surface area (Å²) in [5.41, 5.74) is 5.93. The van der Waals surface area contributed by atoms with Gasteiger partial charge < -0.3 is 10.5 Å². The van der Waals surface area contributed by atoms with Gasteiger partial charge in [0.25, 0.3) is 0 Å². The molecule has 4 heteroatoms. The van der Waals surface area contributed by atoms with Crippen LogP contribution in [0.25, 0.3) is 0 Å². The predicted octanol–water partition coefficient (Wildman–Crippen LogP) is 2.29. The van der Waals surface area contributed by atoms with Crippen molar-refractivity contribution < 1.29 is 9.13 Å². The van der Waals surface area contributed by atoms with E-state index >= 15 is 0 Å². The van der Waals surface area contributed by atoms with E-state index in [1.54, 1.807) is 12.1 Å². The standard InChI is InChI=1S/C10H12FNOS/c11-9-5-7(12)1-2-10(9)14-8-3-4-13-6-8/h1-2,5,8H,3-4,6,12H2. The minimum absolute atomic E-state index is 0.234. The van der Waals surface area contributed by atoms with Crippen LogP contribution in [0.5, 0.6) is 0 Å². The number of thioether (sulfide) groups is 1. The SMILES string of the molecule is Nc1ccc(SC2CCOC2)c(F)c1. The Morgan fingerprint density at radius 3 is 3.00 bits per heavy atom. The van der Waals surface area contributed by atoms with Gasteiger partial charge in [-0.2, -0.15) is 0 Å². The maximum atomic E-state index is 13.4. The van der Waals surface area contributed by atoms with Crippen LogP contribution in [0.4, 0.5) is 10.1 Å². The Bertz CT molecular complexity index is 326. The molecule has 14 heavy (non-hydrogen) atoms. The van der Waals surface area contributed by atoms with Gasteiger partial charge in [-0.1, -0.05) is 0 Å². The second-order valence-corrected chi connectivity index (χ2v) is 4.64. The van der Waals surface area contributed by atoms with Gasteiger partial charge in [0.1, 0.15) is 5.82 Å². The molecule has 1 atom stereocenters. The summed E-state index contributed by atoms with van der Waals surface area (Å²) in [4.78, 5) is 0.662. The Kier molecular flexibility index (Phi) is 2.93. The van der Waals surface area contributed by atoms with Crippen molar-refractivity contribution in [3.63, 3.8) is 0 Å². The van der Waals surface area contributed by atoms with E-state index in [0.29, 0.717) is 22.4 Å². The molecule has 0 radical (unpaired) electrons. The van der Waals surface area contributed by atoms with Crippen molar-refractivity contribution in [2.75, 3.05) is 18.9 Å². The number of benzene rings is 1. The van der Waals surface area contributed by atoms with Gasteiger partial charge in [-0.05, 0) is 24.6 Å². The van der Waals surface area contributed by atoms with Crippen LogP contribution in [-0.4, -0.2) is 18.5 Å². The molecule has 1 aromatic carbocycles. The van der Waals surface area contributed by atoms with E-state index in [0.717, 1.165) is 13.0 Å². The molecule has 0 aliphatic carbocycles. The maximum Gasteiger partial charge on any atom is 0.138 e. The van der Waals surface area contributed by atoms with Crippen molar-refractivity contribution in [3.05, 3.63) is 24.0 Å². The number of hydrogen-bond donors (Lipinski definition) is 1. The van der Waals surface area contributed by atoms with Crippen molar-refractivity contribution in [1.29, 1.82) is 0 Å². The Labute approximate surface area is 86.6 Å². The molecule has 0 spiro atoms. The number of hydrogen-bond acceptors (Lipinski definition) is 3. The Hall–Kier alpha value is -0.740. The Morgan fingerprint density at radius 2 is 2.36 bits per heavy atom. The van der Waals surface area contributed by atoms with Crippen molar-refractivity contribution in [2.45, 2.75) is 16.6 Å². The molecule has 0 aromatic heterocycles. The number of nitrogens with two attached hydrogens (primary N) is 1. The van der Waals surface area contributed by atoms with Gasteiger partial charge in [0.15, 0.2) is 0 Å². The third kappa shape index (κ3) is 2.19. The van der Waals surface area contributed by atoms with Crippen LogP contribution >= 0.6 is 11.8 Å².